The molecule has 1 amide bonds. The van der Waals surface area contributed by atoms with E-state index in [4.69, 9.17) is 0 Å². The van der Waals surface area contributed by atoms with Crippen LogP contribution in [-0.4, -0.2) is 28.1 Å². The molecule has 3 aliphatic rings. The molecule has 3 aliphatic carbocycles. The molecule has 0 spiro atoms. The summed E-state index contributed by atoms with van der Waals surface area (Å²) in [4.78, 5) is 15.0. The molecule has 4 rings (SSSR count). The molecular formula is C20H27NO2. The molecule has 4 atom stereocenters. The SMILES string of the molecule is CC(C)(O)CN(Cc1ccccc1)C(=O)C1C2C3CCC(C3)C12. The third-order valence-electron chi connectivity index (χ3n) is 6.13. The fraction of sp³-hybridized carbons (Fsp3) is 0.650. The van der Waals surface area contributed by atoms with Crippen LogP contribution in [0.25, 0.3) is 0 Å². The Morgan fingerprint density at radius 2 is 1.78 bits per heavy atom. The quantitative estimate of drug-likeness (QED) is 0.907. The van der Waals surface area contributed by atoms with Crippen molar-refractivity contribution in [3.05, 3.63) is 35.9 Å². The van der Waals surface area contributed by atoms with Crippen molar-refractivity contribution in [3.8, 4) is 0 Å². The zero-order valence-electron chi connectivity index (χ0n) is 14.1. The molecule has 1 N–H and O–H groups in total. The summed E-state index contributed by atoms with van der Waals surface area (Å²) in [7, 11) is 0. The van der Waals surface area contributed by atoms with E-state index in [9.17, 15) is 9.90 Å². The van der Waals surface area contributed by atoms with E-state index >= 15 is 0 Å². The maximum atomic E-state index is 13.1. The molecule has 3 saturated carbocycles. The number of hydrogen-bond donors (Lipinski definition) is 1. The summed E-state index contributed by atoms with van der Waals surface area (Å²) in [5.41, 5.74) is 0.284. The van der Waals surface area contributed by atoms with Crippen LogP contribution in [0.3, 0.4) is 0 Å². The number of hydrogen-bond acceptors (Lipinski definition) is 2. The standard InChI is InChI=1S/C20H27NO2/c1-20(2,23)12-21(11-13-6-4-3-5-7-13)19(22)18-16-14-8-9-15(10-14)17(16)18/h3-7,14-18,23H,8-12H2,1-2H3. The third-order valence-corrected chi connectivity index (χ3v) is 6.13. The van der Waals surface area contributed by atoms with Crippen molar-refractivity contribution in [2.24, 2.45) is 29.6 Å². The van der Waals surface area contributed by atoms with Crippen LogP contribution in [0.4, 0.5) is 0 Å². The summed E-state index contributed by atoms with van der Waals surface area (Å²) in [6, 6.07) is 10.1. The van der Waals surface area contributed by atoms with Crippen molar-refractivity contribution in [2.75, 3.05) is 6.54 Å². The molecule has 23 heavy (non-hydrogen) atoms. The molecule has 1 aromatic rings. The number of carbonyl (C=O) groups is 1. The van der Waals surface area contributed by atoms with Gasteiger partial charge in [-0.1, -0.05) is 30.3 Å². The smallest absolute Gasteiger partial charge is 0.226 e. The van der Waals surface area contributed by atoms with E-state index in [0.29, 0.717) is 24.9 Å². The van der Waals surface area contributed by atoms with Crippen LogP contribution in [-0.2, 0) is 11.3 Å². The minimum Gasteiger partial charge on any atom is -0.389 e. The minimum atomic E-state index is -0.854. The van der Waals surface area contributed by atoms with Gasteiger partial charge in [0, 0.05) is 19.0 Å². The Balaban J connectivity index is 1.50. The first-order valence-corrected chi connectivity index (χ1v) is 8.99. The lowest BCUT2D eigenvalue weighted by molar-refractivity contribution is -0.137. The van der Waals surface area contributed by atoms with Gasteiger partial charge in [0.15, 0.2) is 0 Å². The van der Waals surface area contributed by atoms with Gasteiger partial charge in [-0.05, 0) is 62.3 Å². The molecule has 2 bridgehead atoms. The Labute approximate surface area is 138 Å². The Hall–Kier alpha value is -1.35. The molecule has 1 aromatic carbocycles. The zero-order chi connectivity index (χ0) is 16.2. The van der Waals surface area contributed by atoms with E-state index in [-0.39, 0.29) is 11.8 Å². The lowest BCUT2D eigenvalue weighted by Gasteiger charge is -2.30. The monoisotopic (exact) mass is 313 g/mol. The largest absolute Gasteiger partial charge is 0.389 e. The highest BCUT2D eigenvalue weighted by atomic mass is 16.3. The van der Waals surface area contributed by atoms with Crippen LogP contribution in [0, 0.1) is 29.6 Å². The number of aliphatic hydroxyl groups is 1. The number of fused-ring (bicyclic) bond motifs is 5. The molecule has 124 valence electrons. The second kappa shape index (κ2) is 5.34. The van der Waals surface area contributed by atoms with E-state index in [1.54, 1.807) is 13.8 Å². The highest BCUT2D eigenvalue weighted by Crippen LogP contribution is 2.69. The summed E-state index contributed by atoms with van der Waals surface area (Å²) in [5, 5.41) is 10.2. The van der Waals surface area contributed by atoms with E-state index in [1.807, 2.05) is 23.1 Å². The summed E-state index contributed by atoms with van der Waals surface area (Å²) >= 11 is 0. The second-order valence-electron chi connectivity index (χ2n) is 8.51. The van der Waals surface area contributed by atoms with Gasteiger partial charge < -0.3 is 10.0 Å². The Kier molecular flexibility index (Phi) is 3.53. The summed E-state index contributed by atoms with van der Waals surface area (Å²) < 4.78 is 0. The molecule has 4 unspecified atom stereocenters. The van der Waals surface area contributed by atoms with Gasteiger partial charge in [0.2, 0.25) is 5.91 Å². The first-order chi connectivity index (χ1) is 10.9. The van der Waals surface area contributed by atoms with Gasteiger partial charge in [-0.25, -0.2) is 0 Å². The average Bonchev–Trinajstić information content (AvgIpc) is 2.92. The van der Waals surface area contributed by atoms with Crippen LogP contribution in [0.5, 0.6) is 0 Å². The van der Waals surface area contributed by atoms with E-state index in [1.165, 1.54) is 19.3 Å². The zero-order valence-corrected chi connectivity index (χ0v) is 14.1. The Bertz CT molecular complexity index is 575. The molecule has 3 heteroatoms. The van der Waals surface area contributed by atoms with Crippen molar-refractivity contribution in [1.29, 1.82) is 0 Å². The number of carbonyl (C=O) groups excluding carboxylic acids is 1. The first kappa shape index (κ1) is 15.2. The summed E-state index contributed by atoms with van der Waals surface area (Å²) in [5.74, 6) is 3.44. The number of amides is 1. The Morgan fingerprint density at radius 3 is 2.35 bits per heavy atom. The molecule has 3 fully saturated rings. The van der Waals surface area contributed by atoms with Crippen molar-refractivity contribution in [2.45, 2.75) is 45.3 Å². The maximum absolute atomic E-state index is 13.1. The number of benzene rings is 1. The molecule has 3 nitrogen and oxygen atoms in total. The predicted molar refractivity (Wildman–Crippen MR) is 89.5 cm³/mol. The van der Waals surface area contributed by atoms with Gasteiger partial charge >= 0.3 is 0 Å². The molecule has 0 radical (unpaired) electrons. The van der Waals surface area contributed by atoms with E-state index < -0.39 is 5.60 Å². The van der Waals surface area contributed by atoms with Crippen molar-refractivity contribution in [3.63, 3.8) is 0 Å². The van der Waals surface area contributed by atoms with Gasteiger partial charge in [0.25, 0.3) is 0 Å². The maximum Gasteiger partial charge on any atom is 0.226 e. The van der Waals surface area contributed by atoms with Crippen molar-refractivity contribution >= 4 is 5.91 Å². The average molecular weight is 313 g/mol. The van der Waals surface area contributed by atoms with Crippen molar-refractivity contribution < 1.29 is 9.90 Å². The molecule has 0 heterocycles. The molecule has 0 saturated heterocycles. The fourth-order valence-electron chi connectivity index (χ4n) is 5.35. The lowest BCUT2D eigenvalue weighted by atomic mass is 10.0. The Morgan fingerprint density at radius 1 is 1.17 bits per heavy atom. The third kappa shape index (κ3) is 2.80. The molecular weight excluding hydrogens is 286 g/mol. The minimum absolute atomic E-state index is 0.243. The number of rotatable bonds is 5. The van der Waals surface area contributed by atoms with Gasteiger partial charge in [-0.2, -0.15) is 0 Å². The topological polar surface area (TPSA) is 40.5 Å². The van der Waals surface area contributed by atoms with E-state index in [2.05, 4.69) is 12.1 Å². The second-order valence-corrected chi connectivity index (χ2v) is 8.51. The van der Waals surface area contributed by atoms with E-state index in [0.717, 1.165) is 17.4 Å². The van der Waals surface area contributed by atoms with Gasteiger partial charge in [0.05, 0.1) is 5.60 Å². The summed E-state index contributed by atoms with van der Waals surface area (Å²) in [6.07, 6.45) is 4.03. The van der Waals surface area contributed by atoms with Gasteiger partial charge in [-0.3, -0.25) is 4.79 Å². The molecule has 0 aliphatic heterocycles. The highest BCUT2D eigenvalue weighted by Gasteiger charge is 2.68. The first-order valence-electron chi connectivity index (χ1n) is 8.99. The normalized spacial score (nSPS) is 34.3. The molecule has 0 aromatic heterocycles. The van der Waals surface area contributed by atoms with Gasteiger partial charge in [-0.15, -0.1) is 0 Å². The van der Waals surface area contributed by atoms with Crippen molar-refractivity contribution in [1.82, 2.24) is 4.90 Å². The van der Waals surface area contributed by atoms with Crippen LogP contribution >= 0.6 is 0 Å². The predicted octanol–water partition coefficient (Wildman–Crippen LogP) is 3.08. The van der Waals surface area contributed by atoms with Crippen LogP contribution < -0.4 is 0 Å². The lowest BCUT2D eigenvalue weighted by Crippen LogP contribution is -2.43. The van der Waals surface area contributed by atoms with Gasteiger partial charge in [0.1, 0.15) is 0 Å². The van der Waals surface area contributed by atoms with Crippen LogP contribution in [0.2, 0.25) is 0 Å². The van der Waals surface area contributed by atoms with Crippen LogP contribution in [0.15, 0.2) is 30.3 Å². The van der Waals surface area contributed by atoms with Crippen LogP contribution in [0.1, 0.15) is 38.7 Å². The summed E-state index contributed by atoms with van der Waals surface area (Å²) in [6.45, 7) is 4.59. The highest BCUT2D eigenvalue weighted by molar-refractivity contribution is 5.83. The number of nitrogens with zero attached hydrogens (tertiary/aromatic N) is 1. The fourth-order valence-corrected chi connectivity index (χ4v) is 5.35.